The van der Waals surface area contributed by atoms with Crippen LogP contribution in [0.3, 0.4) is 0 Å². The molecule has 0 spiro atoms. The molecule has 1 aliphatic rings. The molecule has 3 heterocycles. The largest absolute Gasteiger partial charge is 0.536 e. The van der Waals surface area contributed by atoms with Gasteiger partial charge in [-0.1, -0.05) is 62.4 Å². The summed E-state index contributed by atoms with van der Waals surface area (Å²) in [6.07, 6.45) is 2.00. The van der Waals surface area contributed by atoms with Crippen molar-refractivity contribution in [1.82, 2.24) is 20.2 Å². The first-order valence-electron chi connectivity index (χ1n) is 14.7. The number of benzene rings is 2. The molecule has 13 heteroatoms. The molecular weight excluding hydrogens is 630 g/mol. The standard InChI is InChI=1S/C32H36FN5O4S2Si/c1-32(2,3)45(4,5)42-26-19-23-27(44-26)29(37-28(35-23)30(40)38-15-9-10-16-38)41-24-14-13-21(18-22(24)33)34-31(43)36-25(39)17-20-11-7-6-8-12-20/h6-8,11-14,18-19H,9-10,15-17H2,1-5H3,(H2,34,36,39,43). The predicted octanol–water partition coefficient (Wildman–Crippen LogP) is 7.30. The molecule has 2 N–H and O–H groups in total. The van der Waals surface area contributed by atoms with Crippen molar-refractivity contribution in [2.75, 3.05) is 18.4 Å². The summed E-state index contributed by atoms with van der Waals surface area (Å²) in [5, 5.41) is 6.09. The summed E-state index contributed by atoms with van der Waals surface area (Å²) in [6, 6.07) is 15.3. The highest BCUT2D eigenvalue weighted by Gasteiger charge is 2.39. The fourth-order valence-electron chi connectivity index (χ4n) is 4.44. The summed E-state index contributed by atoms with van der Waals surface area (Å²) in [4.78, 5) is 36.4. The smallest absolute Gasteiger partial charge is 0.291 e. The average Bonchev–Trinajstić information content (AvgIpc) is 3.64. The van der Waals surface area contributed by atoms with Crippen molar-refractivity contribution in [3.8, 4) is 16.7 Å². The number of anilines is 1. The number of aromatic nitrogens is 2. The number of carbonyl (C=O) groups excluding carboxylic acids is 2. The lowest BCUT2D eigenvalue weighted by Gasteiger charge is -2.35. The first-order valence-corrected chi connectivity index (χ1v) is 18.8. The zero-order chi connectivity index (χ0) is 32.4. The number of halogens is 1. The van der Waals surface area contributed by atoms with Gasteiger partial charge in [-0.15, -0.1) is 0 Å². The van der Waals surface area contributed by atoms with Crippen LogP contribution in [0.5, 0.6) is 16.7 Å². The molecule has 1 aliphatic heterocycles. The quantitative estimate of drug-likeness (QED) is 0.149. The molecule has 0 atom stereocenters. The fourth-order valence-corrected chi connectivity index (χ4v) is 7.09. The minimum atomic E-state index is -2.17. The molecule has 2 aromatic heterocycles. The van der Waals surface area contributed by atoms with Crippen LogP contribution in [0.25, 0.3) is 10.2 Å². The number of amides is 2. The average molecular weight is 666 g/mol. The van der Waals surface area contributed by atoms with E-state index < -0.39 is 14.1 Å². The van der Waals surface area contributed by atoms with Crippen molar-refractivity contribution in [2.24, 2.45) is 0 Å². The van der Waals surface area contributed by atoms with Gasteiger partial charge in [0.05, 0.1) is 11.9 Å². The highest BCUT2D eigenvalue weighted by molar-refractivity contribution is 7.80. The number of nitrogens with zero attached hydrogens (tertiary/aromatic N) is 3. The molecule has 5 rings (SSSR count). The Morgan fingerprint density at radius 1 is 1.07 bits per heavy atom. The molecule has 45 heavy (non-hydrogen) atoms. The normalized spacial score (nSPS) is 13.5. The van der Waals surface area contributed by atoms with Crippen LogP contribution in [-0.2, 0) is 11.2 Å². The number of nitrogens with one attached hydrogen (secondary N) is 2. The van der Waals surface area contributed by atoms with Crippen LogP contribution < -0.4 is 19.8 Å². The molecule has 4 aromatic rings. The topological polar surface area (TPSA) is 106 Å². The Morgan fingerprint density at radius 2 is 1.78 bits per heavy atom. The number of likely N-dealkylation sites (tertiary alicyclic amines) is 1. The third-order valence-electron chi connectivity index (χ3n) is 7.92. The Bertz CT molecular complexity index is 1740. The van der Waals surface area contributed by atoms with Crippen LogP contribution in [0.1, 0.15) is 49.8 Å². The monoisotopic (exact) mass is 665 g/mol. The maximum atomic E-state index is 15.4. The van der Waals surface area contributed by atoms with Crippen LogP contribution in [0.4, 0.5) is 10.1 Å². The zero-order valence-corrected chi connectivity index (χ0v) is 28.5. The zero-order valence-electron chi connectivity index (χ0n) is 25.9. The molecule has 0 saturated carbocycles. The first-order chi connectivity index (χ1) is 21.3. The Morgan fingerprint density at radius 3 is 2.44 bits per heavy atom. The van der Waals surface area contributed by atoms with Gasteiger partial charge in [0.25, 0.3) is 14.2 Å². The van der Waals surface area contributed by atoms with Gasteiger partial charge in [0.15, 0.2) is 21.7 Å². The number of fused-ring (bicyclic) bond motifs is 1. The maximum absolute atomic E-state index is 15.4. The van der Waals surface area contributed by atoms with Crippen molar-refractivity contribution >= 4 is 64.7 Å². The molecule has 2 aromatic carbocycles. The number of hydrogen-bond acceptors (Lipinski definition) is 8. The van der Waals surface area contributed by atoms with Crippen LogP contribution in [-0.4, -0.2) is 53.2 Å². The van der Waals surface area contributed by atoms with E-state index >= 15 is 4.39 Å². The van der Waals surface area contributed by atoms with E-state index in [1.807, 2.05) is 30.3 Å². The number of thiocarbonyl (C=S) groups is 1. The van der Waals surface area contributed by atoms with Gasteiger partial charge in [-0.2, -0.15) is 4.98 Å². The number of ether oxygens (including phenoxy) is 1. The second-order valence-corrected chi connectivity index (χ2v) is 18.6. The molecule has 236 valence electrons. The number of hydrogen-bond donors (Lipinski definition) is 2. The molecule has 0 aliphatic carbocycles. The van der Waals surface area contributed by atoms with Gasteiger partial charge in [0, 0.05) is 30.9 Å². The van der Waals surface area contributed by atoms with E-state index in [4.69, 9.17) is 21.4 Å². The number of rotatable bonds is 8. The fraction of sp³-hybridized carbons (Fsp3) is 0.344. The lowest BCUT2D eigenvalue weighted by molar-refractivity contribution is -0.119. The van der Waals surface area contributed by atoms with Gasteiger partial charge in [-0.05, 0) is 60.9 Å². The molecule has 1 saturated heterocycles. The van der Waals surface area contributed by atoms with E-state index in [-0.39, 0.29) is 45.8 Å². The Balaban J connectivity index is 1.37. The van der Waals surface area contributed by atoms with Gasteiger partial charge < -0.3 is 24.7 Å². The minimum absolute atomic E-state index is 0.00800. The van der Waals surface area contributed by atoms with Crippen molar-refractivity contribution in [3.05, 3.63) is 71.8 Å². The number of carbonyl (C=O) groups is 2. The molecule has 2 amide bonds. The second-order valence-electron chi connectivity index (χ2n) is 12.4. The van der Waals surface area contributed by atoms with Crippen molar-refractivity contribution < 1.29 is 23.1 Å². The highest BCUT2D eigenvalue weighted by atomic mass is 32.1. The Kier molecular flexibility index (Phi) is 9.51. The third kappa shape index (κ3) is 7.83. The van der Waals surface area contributed by atoms with Crippen LogP contribution in [0.2, 0.25) is 18.1 Å². The summed E-state index contributed by atoms with van der Waals surface area (Å²) >= 11 is 6.56. The van der Waals surface area contributed by atoms with Crippen LogP contribution in [0, 0.1) is 5.82 Å². The summed E-state index contributed by atoms with van der Waals surface area (Å²) in [5.41, 5.74) is 1.67. The Labute approximate surface area is 272 Å². The lowest BCUT2D eigenvalue weighted by atomic mass is 10.1. The van der Waals surface area contributed by atoms with E-state index in [1.54, 1.807) is 17.0 Å². The van der Waals surface area contributed by atoms with Crippen LogP contribution in [0.15, 0.2) is 54.6 Å². The second kappa shape index (κ2) is 13.2. The van der Waals surface area contributed by atoms with Crippen molar-refractivity contribution in [2.45, 2.75) is 58.2 Å². The van der Waals surface area contributed by atoms with Gasteiger partial charge in [0.2, 0.25) is 17.6 Å². The van der Waals surface area contributed by atoms with E-state index in [9.17, 15) is 9.59 Å². The minimum Gasteiger partial charge on any atom is -0.536 e. The van der Waals surface area contributed by atoms with E-state index in [0.717, 1.165) is 18.4 Å². The van der Waals surface area contributed by atoms with E-state index in [0.29, 0.717) is 34.1 Å². The number of thiophene rings is 1. The summed E-state index contributed by atoms with van der Waals surface area (Å²) in [5.74, 6) is -1.31. The molecule has 0 unspecified atom stereocenters. The summed E-state index contributed by atoms with van der Waals surface area (Å²) in [6.45, 7) is 12.0. The van der Waals surface area contributed by atoms with E-state index in [1.165, 1.54) is 23.5 Å². The molecular formula is C32H36FN5O4S2Si. The molecule has 0 bridgehead atoms. The van der Waals surface area contributed by atoms with Crippen LogP contribution >= 0.6 is 23.6 Å². The Hall–Kier alpha value is -3.94. The molecule has 0 radical (unpaired) electrons. The van der Waals surface area contributed by atoms with Gasteiger partial charge in [-0.25, -0.2) is 9.37 Å². The van der Waals surface area contributed by atoms with E-state index in [2.05, 4.69) is 54.5 Å². The third-order valence-corrected chi connectivity index (χ3v) is 13.6. The first kappa shape index (κ1) is 32.5. The highest BCUT2D eigenvalue weighted by Crippen LogP contribution is 2.43. The summed E-state index contributed by atoms with van der Waals surface area (Å²) < 4.78 is 28.4. The predicted molar refractivity (Wildman–Crippen MR) is 181 cm³/mol. The lowest BCUT2D eigenvalue weighted by Crippen LogP contribution is -2.43. The van der Waals surface area contributed by atoms with Gasteiger partial charge >= 0.3 is 0 Å². The van der Waals surface area contributed by atoms with Crippen molar-refractivity contribution in [1.29, 1.82) is 0 Å². The SMILES string of the molecule is CC(C)(C)[Si](C)(C)Oc1cc2nc(C(=O)N3CCCC3)nc(Oc3ccc(NC(=S)NC(=O)Cc4ccccc4)cc3F)c2s1. The van der Waals surface area contributed by atoms with Gasteiger partial charge in [0.1, 0.15) is 4.70 Å². The molecule has 9 nitrogen and oxygen atoms in total. The molecule has 1 fully saturated rings. The summed E-state index contributed by atoms with van der Waals surface area (Å²) in [7, 11) is -2.17. The maximum Gasteiger partial charge on any atom is 0.291 e. The van der Waals surface area contributed by atoms with Crippen molar-refractivity contribution in [3.63, 3.8) is 0 Å². The van der Waals surface area contributed by atoms with Gasteiger partial charge in [-0.3, -0.25) is 9.59 Å².